The van der Waals surface area contributed by atoms with Crippen LogP contribution in [0.2, 0.25) is 0 Å². The van der Waals surface area contributed by atoms with Crippen LogP contribution in [0.15, 0.2) is 55.1 Å². The lowest BCUT2D eigenvalue weighted by Gasteiger charge is -2.15. The van der Waals surface area contributed by atoms with E-state index in [0.717, 1.165) is 23.4 Å². The maximum atomic E-state index is 13.5. The van der Waals surface area contributed by atoms with Crippen molar-refractivity contribution in [2.75, 3.05) is 6.61 Å². The maximum absolute atomic E-state index is 13.5. The Labute approximate surface area is 148 Å². The first kappa shape index (κ1) is 17.5. The molecule has 0 spiro atoms. The second kappa shape index (κ2) is 7.73. The molecular weight excluding hydrogens is 342 g/mol. The number of nitrogens with one attached hydrogen (secondary N) is 1. The predicted molar refractivity (Wildman–Crippen MR) is 89.8 cm³/mol. The van der Waals surface area contributed by atoms with Gasteiger partial charge < -0.3 is 10.1 Å². The van der Waals surface area contributed by atoms with E-state index in [9.17, 15) is 13.6 Å². The van der Waals surface area contributed by atoms with Gasteiger partial charge in [0.2, 0.25) is 0 Å². The Hall–Kier alpha value is -3.29. The average Bonchev–Trinajstić information content (AvgIpc) is 3.16. The van der Waals surface area contributed by atoms with Crippen molar-refractivity contribution < 1.29 is 18.3 Å². The number of benzene rings is 2. The van der Waals surface area contributed by atoms with Gasteiger partial charge in [0.25, 0.3) is 5.91 Å². The molecule has 3 aromatic rings. The monoisotopic (exact) mass is 358 g/mol. The molecule has 0 bridgehead atoms. The third-order valence-corrected chi connectivity index (χ3v) is 3.71. The second-order valence-corrected chi connectivity index (χ2v) is 5.58. The first-order valence-corrected chi connectivity index (χ1v) is 7.85. The van der Waals surface area contributed by atoms with E-state index in [0.29, 0.717) is 6.07 Å². The van der Waals surface area contributed by atoms with Gasteiger partial charge in [-0.1, -0.05) is 12.1 Å². The SMILES string of the molecule is CC(NC(=O)COc1ccc(F)cc1F)c1ccc(-n2cncn2)cc1. The highest BCUT2D eigenvalue weighted by Crippen LogP contribution is 2.18. The summed E-state index contributed by atoms with van der Waals surface area (Å²) in [5, 5.41) is 6.80. The minimum absolute atomic E-state index is 0.175. The Morgan fingerprint density at radius 2 is 2.00 bits per heavy atom. The van der Waals surface area contributed by atoms with Gasteiger partial charge >= 0.3 is 0 Å². The Morgan fingerprint density at radius 3 is 2.65 bits per heavy atom. The predicted octanol–water partition coefficient (Wildman–Crippen LogP) is 2.80. The van der Waals surface area contributed by atoms with Gasteiger partial charge in [-0.2, -0.15) is 5.10 Å². The smallest absolute Gasteiger partial charge is 0.258 e. The summed E-state index contributed by atoms with van der Waals surface area (Å²) in [7, 11) is 0. The van der Waals surface area contributed by atoms with Crippen molar-refractivity contribution in [1.82, 2.24) is 20.1 Å². The van der Waals surface area contributed by atoms with Crippen molar-refractivity contribution in [3.8, 4) is 11.4 Å². The number of aromatic nitrogens is 3. The van der Waals surface area contributed by atoms with Crippen LogP contribution < -0.4 is 10.1 Å². The molecule has 2 aromatic carbocycles. The van der Waals surface area contributed by atoms with Crippen molar-refractivity contribution in [3.63, 3.8) is 0 Å². The molecular formula is C18H16F2N4O2. The van der Waals surface area contributed by atoms with Crippen LogP contribution in [0, 0.1) is 11.6 Å². The lowest BCUT2D eigenvalue weighted by Crippen LogP contribution is -2.31. The zero-order valence-corrected chi connectivity index (χ0v) is 13.9. The highest BCUT2D eigenvalue weighted by molar-refractivity contribution is 5.78. The summed E-state index contributed by atoms with van der Waals surface area (Å²) in [5.41, 5.74) is 1.73. The van der Waals surface area contributed by atoms with Crippen LogP contribution in [0.5, 0.6) is 5.75 Å². The Morgan fingerprint density at radius 1 is 1.23 bits per heavy atom. The standard InChI is InChI=1S/C18H16F2N4O2/c1-12(13-2-5-15(6-3-13)24-11-21-10-22-24)23-18(25)9-26-17-7-4-14(19)8-16(17)20/h2-8,10-12H,9H2,1H3,(H,23,25). The third-order valence-electron chi connectivity index (χ3n) is 3.71. The molecule has 134 valence electrons. The van der Waals surface area contributed by atoms with Gasteiger partial charge in [0, 0.05) is 6.07 Å². The quantitative estimate of drug-likeness (QED) is 0.736. The van der Waals surface area contributed by atoms with Crippen LogP contribution >= 0.6 is 0 Å². The fourth-order valence-electron chi connectivity index (χ4n) is 2.36. The number of nitrogens with zero attached hydrogens (tertiary/aromatic N) is 3. The topological polar surface area (TPSA) is 69.0 Å². The normalized spacial score (nSPS) is 11.8. The largest absolute Gasteiger partial charge is 0.481 e. The molecule has 0 fully saturated rings. The molecule has 3 rings (SSSR count). The molecule has 8 heteroatoms. The first-order valence-electron chi connectivity index (χ1n) is 7.85. The van der Waals surface area contributed by atoms with E-state index in [-0.39, 0.29) is 18.4 Å². The number of hydrogen-bond acceptors (Lipinski definition) is 4. The summed E-state index contributed by atoms with van der Waals surface area (Å²) in [6, 6.07) is 10.1. The van der Waals surface area contributed by atoms with E-state index in [1.54, 1.807) is 11.0 Å². The molecule has 0 aliphatic rings. The first-order chi connectivity index (χ1) is 12.5. The van der Waals surface area contributed by atoms with E-state index in [1.807, 2.05) is 31.2 Å². The van der Waals surface area contributed by atoms with Crippen molar-refractivity contribution in [2.24, 2.45) is 0 Å². The highest BCUT2D eigenvalue weighted by Gasteiger charge is 2.12. The van der Waals surface area contributed by atoms with Crippen molar-refractivity contribution in [2.45, 2.75) is 13.0 Å². The molecule has 1 unspecified atom stereocenters. The summed E-state index contributed by atoms with van der Waals surface area (Å²) >= 11 is 0. The Balaban J connectivity index is 1.55. The number of ether oxygens (including phenoxy) is 1. The van der Waals surface area contributed by atoms with Gasteiger partial charge in [0.1, 0.15) is 18.5 Å². The van der Waals surface area contributed by atoms with E-state index < -0.39 is 17.5 Å². The summed E-state index contributed by atoms with van der Waals surface area (Å²) in [6.07, 6.45) is 3.03. The van der Waals surface area contributed by atoms with Gasteiger partial charge in [-0.25, -0.2) is 18.4 Å². The summed E-state index contributed by atoms with van der Waals surface area (Å²) in [5.74, 6) is -2.15. The lowest BCUT2D eigenvalue weighted by molar-refractivity contribution is -0.123. The van der Waals surface area contributed by atoms with Crippen molar-refractivity contribution in [1.29, 1.82) is 0 Å². The van der Waals surface area contributed by atoms with Gasteiger partial charge in [-0.05, 0) is 36.8 Å². The fourth-order valence-corrected chi connectivity index (χ4v) is 2.36. The number of amides is 1. The van der Waals surface area contributed by atoms with Crippen LogP contribution in [-0.2, 0) is 4.79 Å². The van der Waals surface area contributed by atoms with Gasteiger partial charge in [0.15, 0.2) is 18.2 Å². The molecule has 0 saturated heterocycles. The van der Waals surface area contributed by atoms with E-state index >= 15 is 0 Å². The van der Waals surface area contributed by atoms with Gasteiger partial charge in [-0.15, -0.1) is 0 Å². The molecule has 0 saturated carbocycles. The maximum Gasteiger partial charge on any atom is 0.258 e. The number of rotatable bonds is 6. The molecule has 26 heavy (non-hydrogen) atoms. The average molecular weight is 358 g/mol. The van der Waals surface area contributed by atoms with Crippen molar-refractivity contribution >= 4 is 5.91 Å². The molecule has 1 heterocycles. The molecule has 0 aliphatic heterocycles. The lowest BCUT2D eigenvalue weighted by atomic mass is 10.1. The molecule has 6 nitrogen and oxygen atoms in total. The molecule has 0 radical (unpaired) electrons. The molecule has 0 aliphatic carbocycles. The third kappa shape index (κ3) is 4.21. The molecule has 1 N–H and O–H groups in total. The number of carbonyl (C=O) groups excluding carboxylic acids is 1. The summed E-state index contributed by atoms with van der Waals surface area (Å²) in [6.45, 7) is 1.45. The summed E-state index contributed by atoms with van der Waals surface area (Å²) in [4.78, 5) is 15.9. The minimum atomic E-state index is -0.852. The zero-order chi connectivity index (χ0) is 18.5. The van der Waals surface area contributed by atoms with E-state index in [2.05, 4.69) is 15.4 Å². The molecule has 1 amide bonds. The van der Waals surface area contributed by atoms with Crippen molar-refractivity contribution in [3.05, 3.63) is 72.3 Å². The molecule has 1 aromatic heterocycles. The number of halogens is 2. The van der Waals surface area contributed by atoms with Gasteiger partial charge in [-0.3, -0.25) is 4.79 Å². The summed E-state index contributed by atoms with van der Waals surface area (Å²) < 4.78 is 33.0. The fraction of sp³-hybridized carbons (Fsp3) is 0.167. The Bertz CT molecular complexity index is 883. The van der Waals surface area contributed by atoms with Crippen LogP contribution in [0.4, 0.5) is 8.78 Å². The molecule has 1 atom stereocenters. The Kier molecular flexibility index (Phi) is 5.21. The number of hydrogen-bond donors (Lipinski definition) is 1. The second-order valence-electron chi connectivity index (χ2n) is 5.58. The number of carbonyl (C=O) groups is 1. The van der Waals surface area contributed by atoms with E-state index in [1.165, 1.54) is 6.33 Å². The van der Waals surface area contributed by atoms with Crippen LogP contribution in [-0.4, -0.2) is 27.3 Å². The van der Waals surface area contributed by atoms with Crippen LogP contribution in [0.1, 0.15) is 18.5 Å². The van der Waals surface area contributed by atoms with Gasteiger partial charge in [0.05, 0.1) is 11.7 Å². The highest BCUT2D eigenvalue weighted by atomic mass is 19.1. The van der Waals surface area contributed by atoms with E-state index in [4.69, 9.17) is 4.74 Å². The van der Waals surface area contributed by atoms with Crippen LogP contribution in [0.3, 0.4) is 0 Å². The zero-order valence-electron chi connectivity index (χ0n) is 13.9. The van der Waals surface area contributed by atoms with Crippen LogP contribution in [0.25, 0.3) is 5.69 Å². The minimum Gasteiger partial charge on any atom is -0.481 e.